The summed E-state index contributed by atoms with van der Waals surface area (Å²) >= 11 is 0. The highest BCUT2D eigenvalue weighted by Crippen LogP contribution is 2.29. The highest BCUT2D eigenvalue weighted by atomic mass is 16.2. The third kappa shape index (κ3) is 2.92. The lowest BCUT2D eigenvalue weighted by molar-refractivity contribution is 0.0826. The van der Waals surface area contributed by atoms with Crippen LogP contribution in [0, 0.1) is 26.2 Å². The van der Waals surface area contributed by atoms with E-state index in [1.54, 1.807) is 19.0 Å². The lowest BCUT2D eigenvalue weighted by Crippen LogP contribution is -2.27. The van der Waals surface area contributed by atoms with Crippen molar-refractivity contribution in [3.8, 4) is 0 Å². The Labute approximate surface area is 122 Å². The predicted molar refractivity (Wildman–Crippen MR) is 82.5 cm³/mol. The van der Waals surface area contributed by atoms with Crippen molar-refractivity contribution in [2.24, 2.45) is 5.41 Å². The van der Waals surface area contributed by atoms with Crippen molar-refractivity contribution in [3.05, 3.63) is 33.9 Å². The van der Waals surface area contributed by atoms with E-state index >= 15 is 0 Å². The van der Waals surface area contributed by atoms with Crippen LogP contribution in [-0.2, 0) is 0 Å². The molecule has 0 N–H and O–H groups in total. The first-order valence-corrected chi connectivity index (χ1v) is 6.85. The Hall–Kier alpha value is -1.64. The molecule has 0 aromatic heterocycles. The summed E-state index contributed by atoms with van der Waals surface area (Å²) in [4.78, 5) is 26.5. The molecule has 0 unspecified atom stereocenters. The third-order valence-electron chi connectivity index (χ3n) is 3.50. The standard InChI is InChI=1S/C17H25NO2/c1-10-9-11(2)14(16(20)18(7)8)12(3)13(10)15(19)17(4,5)6/h9H,1-8H3. The molecule has 1 rings (SSSR count). The lowest BCUT2D eigenvalue weighted by Gasteiger charge is -2.23. The molecule has 1 amide bonds. The molecule has 0 saturated heterocycles. The van der Waals surface area contributed by atoms with Crippen LogP contribution in [0.4, 0.5) is 0 Å². The molecule has 0 radical (unpaired) electrons. The number of Topliss-reactive ketones (excluding diaryl/α,β-unsaturated/α-hetero) is 1. The van der Waals surface area contributed by atoms with Crippen LogP contribution in [0.3, 0.4) is 0 Å². The maximum Gasteiger partial charge on any atom is 0.253 e. The molecular weight excluding hydrogens is 250 g/mol. The molecule has 0 aliphatic carbocycles. The fourth-order valence-electron chi connectivity index (χ4n) is 2.46. The van der Waals surface area contributed by atoms with E-state index < -0.39 is 5.41 Å². The van der Waals surface area contributed by atoms with Gasteiger partial charge in [0.25, 0.3) is 5.91 Å². The summed E-state index contributed by atoms with van der Waals surface area (Å²) in [5, 5.41) is 0. The SMILES string of the molecule is Cc1cc(C)c(C(=O)C(C)(C)C)c(C)c1C(=O)N(C)C. The first-order chi connectivity index (χ1) is 8.98. The van der Waals surface area contributed by atoms with E-state index in [4.69, 9.17) is 0 Å². The van der Waals surface area contributed by atoms with Crippen LogP contribution in [0.1, 0.15) is 58.2 Å². The van der Waals surface area contributed by atoms with Crippen molar-refractivity contribution in [1.82, 2.24) is 4.90 Å². The van der Waals surface area contributed by atoms with Gasteiger partial charge in [-0.1, -0.05) is 26.8 Å². The zero-order valence-electron chi connectivity index (χ0n) is 13.8. The van der Waals surface area contributed by atoms with E-state index in [0.717, 1.165) is 16.7 Å². The van der Waals surface area contributed by atoms with Crippen LogP contribution < -0.4 is 0 Å². The molecule has 0 atom stereocenters. The van der Waals surface area contributed by atoms with Gasteiger partial charge in [-0.2, -0.15) is 0 Å². The Balaban J connectivity index is 3.61. The van der Waals surface area contributed by atoms with Gasteiger partial charge < -0.3 is 4.90 Å². The van der Waals surface area contributed by atoms with Crippen molar-refractivity contribution in [2.75, 3.05) is 14.1 Å². The average molecular weight is 275 g/mol. The van der Waals surface area contributed by atoms with E-state index in [1.807, 2.05) is 47.6 Å². The normalized spacial score (nSPS) is 11.4. The van der Waals surface area contributed by atoms with Crippen molar-refractivity contribution in [1.29, 1.82) is 0 Å². The molecule has 3 heteroatoms. The van der Waals surface area contributed by atoms with Crippen molar-refractivity contribution in [3.63, 3.8) is 0 Å². The van der Waals surface area contributed by atoms with Crippen molar-refractivity contribution < 1.29 is 9.59 Å². The number of ketones is 1. The summed E-state index contributed by atoms with van der Waals surface area (Å²) < 4.78 is 0. The Morgan fingerprint density at radius 2 is 1.40 bits per heavy atom. The summed E-state index contributed by atoms with van der Waals surface area (Å²) in [6.07, 6.45) is 0. The van der Waals surface area contributed by atoms with E-state index in [9.17, 15) is 9.59 Å². The zero-order valence-corrected chi connectivity index (χ0v) is 13.8. The summed E-state index contributed by atoms with van der Waals surface area (Å²) in [6, 6.07) is 1.93. The molecule has 0 fully saturated rings. The second kappa shape index (κ2) is 5.39. The minimum absolute atomic E-state index is 0.0528. The maximum absolute atomic E-state index is 12.6. The van der Waals surface area contributed by atoms with Gasteiger partial charge in [0.2, 0.25) is 0 Å². The third-order valence-corrected chi connectivity index (χ3v) is 3.50. The molecule has 0 aliphatic heterocycles. The Kier molecular flexibility index (Phi) is 4.42. The number of hydrogen-bond acceptors (Lipinski definition) is 2. The van der Waals surface area contributed by atoms with Gasteiger partial charge in [0.05, 0.1) is 0 Å². The van der Waals surface area contributed by atoms with E-state index in [1.165, 1.54) is 0 Å². The summed E-state index contributed by atoms with van der Waals surface area (Å²) in [6.45, 7) is 11.4. The largest absolute Gasteiger partial charge is 0.345 e. The average Bonchev–Trinajstić information content (AvgIpc) is 2.26. The number of carbonyl (C=O) groups excluding carboxylic acids is 2. The first kappa shape index (κ1) is 16.4. The molecule has 1 aromatic carbocycles. The monoisotopic (exact) mass is 275 g/mol. The molecule has 0 saturated carbocycles. The van der Waals surface area contributed by atoms with Gasteiger partial charge in [-0.05, 0) is 37.5 Å². The van der Waals surface area contributed by atoms with Gasteiger partial charge in [-0.15, -0.1) is 0 Å². The molecule has 20 heavy (non-hydrogen) atoms. The molecule has 110 valence electrons. The number of rotatable bonds is 2. The molecule has 0 heterocycles. The molecule has 0 aliphatic rings. The number of carbonyl (C=O) groups is 2. The molecule has 0 spiro atoms. The topological polar surface area (TPSA) is 37.4 Å². The molecule has 1 aromatic rings. The number of nitrogens with zero attached hydrogens (tertiary/aromatic N) is 1. The van der Waals surface area contributed by atoms with E-state index in [0.29, 0.717) is 11.1 Å². The predicted octanol–water partition coefficient (Wildman–Crippen LogP) is 3.54. The lowest BCUT2D eigenvalue weighted by atomic mass is 9.81. The van der Waals surface area contributed by atoms with Crippen LogP contribution in [-0.4, -0.2) is 30.7 Å². The van der Waals surface area contributed by atoms with Gasteiger partial charge in [0.15, 0.2) is 5.78 Å². The van der Waals surface area contributed by atoms with Gasteiger partial charge in [0.1, 0.15) is 0 Å². The summed E-state index contributed by atoms with van der Waals surface area (Å²) in [5.74, 6) is 0.0308. The smallest absolute Gasteiger partial charge is 0.253 e. The number of benzene rings is 1. The molecule has 0 bridgehead atoms. The fourth-order valence-corrected chi connectivity index (χ4v) is 2.46. The van der Waals surface area contributed by atoms with Crippen LogP contribution in [0.5, 0.6) is 0 Å². The van der Waals surface area contributed by atoms with Crippen molar-refractivity contribution in [2.45, 2.75) is 41.5 Å². The summed E-state index contributed by atoms with van der Waals surface area (Å²) in [5.41, 5.74) is 3.53. The zero-order chi connectivity index (χ0) is 15.8. The van der Waals surface area contributed by atoms with Gasteiger partial charge in [-0.3, -0.25) is 9.59 Å². The minimum atomic E-state index is -0.455. The Morgan fingerprint density at radius 3 is 1.80 bits per heavy atom. The Morgan fingerprint density at radius 1 is 0.950 bits per heavy atom. The maximum atomic E-state index is 12.6. The van der Waals surface area contributed by atoms with E-state index in [2.05, 4.69) is 0 Å². The minimum Gasteiger partial charge on any atom is -0.345 e. The second-order valence-electron chi connectivity index (χ2n) is 6.66. The summed E-state index contributed by atoms with van der Waals surface area (Å²) in [7, 11) is 3.46. The van der Waals surface area contributed by atoms with Gasteiger partial charge in [-0.25, -0.2) is 0 Å². The number of amides is 1. The number of aryl methyl sites for hydroxylation is 2. The fraction of sp³-hybridized carbons (Fsp3) is 0.529. The Bertz CT molecular complexity index is 563. The molecule has 3 nitrogen and oxygen atoms in total. The van der Waals surface area contributed by atoms with E-state index in [-0.39, 0.29) is 11.7 Å². The van der Waals surface area contributed by atoms with Gasteiger partial charge in [0, 0.05) is 30.6 Å². The second-order valence-corrected chi connectivity index (χ2v) is 6.66. The van der Waals surface area contributed by atoms with Crippen LogP contribution in [0.25, 0.3) is 0 Å². The van der Waals surface area contributed by atoms with Gasteiger partial charge >= 0.3 is 0 Å². The van der Waals surface area contributed by atoms with Crippen LogP contribution in [0.15, 0.2) is 6.07 Å². The first-order valence-electron chi connectivity index (χ1n) is 6.85. The molecular formula is C17H25NO2. The highest BCUT2D eigenvalue weighted by Gasteiger charge is 2.28. The highest BCUT2D eigenvalue weighted by molar-refractivity contribution is 6.06. The quantitative estimate of drug-likeness (QED) is 0.774. The van der Waals surface area contributed by atoms with Crippen LogP contribution in [0.2, 0.25) is 0 Å². The van der Waals surface area contributed by atoms with Crippen molar-refractivity contribution >= 4 is 11.7 Å². The number of hydrogen-bond donors (Lipinski definition) is 0. The van der Waals surface area contributed by atoms with Crippen LogP contribution >= 0.6 is 0 Å².